The smallest absolute Gasteiger partial charge is 0.162 e. The van der Waals surface area contributed by atoms with Crippen LogP contribution in [-0.2, 0) is 19.8 Å². The highest BCUT2D eigenvalue weighted by Gasteiger charge is 2.09. The molecule has 3 rings (SSSR count). The molecule has 0 atom stereocenters. The maximum Gasteiger partial charge on any atom is 0.162 e. The summed E-state index contributed by atoms with van der Waals surface area (Å²) in [5, 5.41) is 9.77. The Kier molecular flexibility index (Phi) is 29.4. The molecule has 0 aliphatic rings. The van der Waals surface area contributed by atoms with Gasteiger partial charge in [0, 0.05) is 0 Å². The van der Waals surface area contributed by atoms with Crippen LogP contribution in [-0.4, -0.2) is 18.3 Å². The molecule has 0 aliphatic heterocycles. The van der Waals surface area contributed by atoms with Gasteiger partial charge in [-0.25, -0.2) is 0 Å². The van der Waals surface area contributed by atoms with Crippen molar-refractivity contribution in [3.05, 3.63) is 83.4 Å². The van der Waals surface area contributed by atoms with E-state index in [4.69, 9.17) is 18.9 Å². The Morgan fingerprint density at radius 3 is 0.983 bits per heavy atom. The Labute approximate surface area is 356 Å². The van der Waals surface area contributed by atoms with E-state index in [-0.39, 0.29) is 6.61 Å². The van der Waals surface area contributed by atoms with Crippen LogP contribution in [0, 0.1) is 0 Å². The SMILES string of the molecule is CCCCCCCCCCCCCCCCOc1ccc(COc2ccc(CO)cc2OCc2ccc(OCCCCCCCCCCCCCCCC)cc2)cc1. The molecule has 0 saturated carbocycles. The quantitative estimate of drug-likeness (QED) is 0.0582. The Balaban J connectivity index is 1.23. The topological polar surface area (TPSA) is 57.2 Å². The van der Waals surface area contributed by atoms with Gasteiger partial charge < -0.3 is 24.1 Å². The molecule has 0 fully saturated rings. The summed E-state index contributed by atoms with van der Waals surface area (Å²) in [5.41, 5.74) is 2.90. The Hall–Kier alpha value is -3.18. The fourth-order valence-electron chi connectivity index (χ4n) is 7.54. The van der Waals surface area contributed by atoms with Crippen LogP contribution in [0.15, 0.2) is 66.7 Å². The molecule has 0 aliphatic carbocycles. The van der Waals surface area contributed by atoms with Crippen molar-refractivity contribution in [2.75, 3.05) is 13.2 Å². The van der Waals surface area contributed by atoms with Crippen LogP contribution < -0.4 is 18.9 Å². The molecule has 0 amide bonds. The lowest BCUT2D eigenvalue weighted by molar-refractivity contribution is 0.252. The molecular formula is C53H84O5. The van der Waals surface area contributed by atoms with Gasteiger partial charge in [0.15, 0.2) is 11.5 Å². The third kappa shape index (κ3) is 24.7. The average molecular weight is 801 g/mol. The molecule has 0 unspecified atom stereocenters. The van der Waals surface area contributed by atoms with Crippen LogP contribution in [0.25, 0.3) is 0 Å². The first-order valence-electron chi connectivity index (χ1n) is 24.1. The van der Waals surface area contributed by atoms with Gasteiger partial charge in [-0.2, -0.15) is 0 Å². The van der Waals surface area contributed by atoms with Crippen LogP contribution in [0.3, 0.4) is 0 Å². The van der Waals surface area contributed by atoms with E-state index in [1.807, 2.05) is 42.5 Å². The summed E-state index contributed by atoms with van der Waals surface area (Å²) in [6.07, 6.45) is 38.1. The first-order valence-corrected chi connectivity index (χ1v) is 24.1. The molecule has 58 heavy (non-hydrogen) atoms. The van der Waals surface area contributed by atoms with Crippen molar-refractivity contribution in [2.24, 2.45) is 0 Å². The van der Waals surface area contributed by atoms with Gasteiger partial charge in [-0.3, -0.25) is 0 Å². The van der Waals surface area contributed by atoms with Crippen LogP contribution >= 0.6 is 0 Å². The summed E-state index contributed by atoms with van der Waals surface area (Å²) in [4.78, 5) is 0. The highest BCUT2D eigenvalue weighted by atomic mass is 16.5. The monoisotopic (exact) mass is 801 g/mol. The number of aliphatic hydroxyl groups is 1. The van der Waals surface area contributed by atoms with Gasteiger partial charge in [0.05, 0.1) is 19.8 Å². The molecule has 5 heteroatoms. The molecule has 0 bridgehead atoms. The highest BCUT2D eigenvalue weighted by Crippen LogP contribution is 2.31. The molecule has 326 valence electrons. The van der Waals surface area contributed by atoms with Crippen molar-refractivity contribution < 1.29 is 24.1 Å². The maximum atomic E-state index is 9.77. The number of aliphatic hydroxyl groups excluding tert-OH is 1. The minimum absolute atomic E-state index is 0.0528. The summed E-state index contributed by atoms with van der Waals surface area (Å²) in [6, 6.07) is 22.0. The van der Waals surface area contributed by atoms with E-state index in [1.54, 1.807) is 0 Å². The van der Waals surface area contributed by atoms with E-state index < -0.39 is 0 Å². The average Bonchev–Trinajstić information content (AvgIpc) is 3.25. The number of hydrogen-bond donors (Lipinski definition) is 1. The van der Waals surface area contributed by atoms with E-state index >= 15 is 0 Å². The predicted molar refractivity (Wildman–Crippen MR) is 246 cm³/mol. The normalized spacial score (nSPS) is 11.2. The first kappa shape index (κ1) is 49.2. The maximum absolute atomic E-state index is 9.77. The van der Waals surface area contributed by atoms with Crippen LogP contribution in [0.4, 0.5) is 0 Å². The van der Waals surface area contributed by atoms with Crippen LogP contribution in [0.5, 0.6) is 23.0 Å². The molecule has 1 N–H and O–H groups in total. The van der Waals surface area contributed by atoms with E-state index in [0.717, 1.165) is 54.2 Å². The first-order chi connectivity index (χ1) is 28.7. The van der Waals surface area contributed by atoms with Gasteiger partial charge in [-0.15, -0.1) is 0 Å². The largest absolute Gasteiger partial charge is 0.494 e. The predicted octanol–water partition coefficient (Wildman–Crippen LogP) is 16.1. The summed E-state index contributed by atoms with van der Waals surface area (Å²) in [6.45, 7) is 6.86. The van der Waals surface area contributed by atoms with Crippen LogP contribution in [0.2, 0.25) is 0 Å². The molecule has 0 saturated heterocycles. The second-order valence-corrected chi connectivity index (χ2v) is 16.7. The molecular weight excluding hydrogens is 717 g/mol. The summed E-state index contributed by atoms with van der Waals surface area (Å²) >= 11 is 0. The molecule has 3 aromatic rings. The minimum atomic E-state index is -0.0528. The number of ether oxygens (including phenoxy) is 4. The Morgan fingerprint density at radius 2 is 0.638 bits per heavy atom. The zero-order chi connectivity index (χ0) is 41.0. The highest BCUT2D eigenvalue weighted by molar-refractivity contribution is 5.43. The second kappa shape index (κ2) is 34.7. The fraction of sp³-hybridized carbons (Fsp3) is 0.660. The van der Waals surface area contributed by atoms with Crippen molar-refractivity contribution in [3.8, 4) is 23.0 Å². The van der Waals surface area contributed by atoms with Gasteiger partial charge in [0.25, 0.3) is 0 Å². The summed E-state index contributed by atoms with van der Waals surface area (Å²) in [5.74, 6) is 3.08. The third-order valence-corrected chi connectivity index (χ3v) is 11.4. The van der Waals surface area contributed by atoms with E-state index in [0.29, 0.717) is 24.7 Å². The molecule has 3 aromatic carbocycles. The number of hydrogen-bond acceptors (Lipinski definition) is 5. The number of benzene rings is 3. The molecule has 0 aromatic heterocycles. The third-order valence-electron chi connectivity index (χ3n) is 11.4. The Bertz CT molecular complexity index is 1350. The van der Waals surface area contributed by atoms with Crippen molar-refractivity contribution in [2.45, 2.75) is 213 Å². The van der Waals surface area contributed by atoms with Gasteiger partial charge in [-0.1, -0.05) is 211 Å². The van der Waals surface area contributed by atoms with E-state index in [2.05, 4.69) is 38.1 Å². The van der Waals surface area contributed by atoms with Gasteiger partial charge in [-0.05, 0) is 65.9 Å². The molecule has 0 heterocycles. The van der Waals surface area contributed by atoms with E-state index in [9.17, 15) is 5.11 Å². The zero-order valence-electron chi connectivity index (χ0n) is 37.3. The summed E-state index contributed by atoms with van der Waals surface area (Å²) < 4.78 is 24.5. The lowest BCUT2D eigenvalue weighted by Crippen LogP contribution is -2.02. The van der Waals surface area contributed by atoms with Crippen molar-refractivity contribution in [1.82, 2.24) is 0 Å². The van der Waals surface area contributed by atoms with Crippen molar-refractivity contribution in [1.29, 1.82) is 0 Å². The lowest BCUT2D eigenvalue weighted by Gasteiger charge is -2.15. The van der Waals surface area contributed by atoms with Crippen molar-refractivity contribution >= 4 is 0 Å². The van der Waals surface area contributed by atoms with Gasteiger partial charge in [0.2, 0.25) is 0 Å². The van der Waals surface area contributed by atoms with Gasteiger partial charge >= 0.3 is 0 Å². The second-order valence-electron chi connectivity index (χ2n) is 16.7. The minimum Gasteiger partial charge on any atom is -0.494 e. The molecule has 0 spiro atoms. The van der Waals surface area contributed by atoms with Gasteiger partial charge in [0.1, 0.15) is 24.7 Å². The zero-order valence-corrected chi connectivity index (χ0v) is 37.3. The fourth-order valence-corrected chi connectivity index (χ4v) is 7.54. The standard InChI is InChI=1S/C53H84O5/c1-3-5-7-9-11-13-15-17-19-21-23-25-27-29-41-55-50-36-31-47(32-37-50)45-57-52-40-35-49(44-54)43-53(52)58-46-48-33-38-51(39-34-48)56-42-30-28-26-24-22-20-18-16-14-12-10-8-6-4-2/h31-40,43,54H,3-30,41-42,44-46H2,1-2H3. The van der Waals surface area contributed by atoms with E-state index in [1.165, 1.54) is 167 Å². The molecule has 0 radical (unpaired) electrons. The lowest BCUT2D eigenvalue weighted by atomic mass is 10.0. The Morgan fingerprint density at radius 1 is 0.328 bits per heavy atom. The summed E-state index contributed by atoms with van der Waals surface area (Å²) in [7, 11) is 0. The number of unbranched alkanes of at least 4 members (excludes halogenated alkanes) is 26. The van der Waals surface area contributed by atoms with Crippen molar-refractivity contribution in [3.63, 3.8) is 0 Å². The number of rotatable bonds is 39. The van der Waals surface area contributed by atoms with Crippen LogP contribution in [0.1, 0.15) is 210 Å². The molecule has 5 nitrogen and oxygen atoms in total.